The van der Waals surface area contributed by atoms with E-state index in [1.165, 1.54) is 6.07 Å². The summed E-state index contributed by atoms with van der Waals surface area (Å²) in [5, 5.41) is 7.07. The lowest BCUT2D eigenvalue weighted by molar-refractivity contribution is -0.119. The molecule has 0 aliphatic carbocycles. The first-order chi connectivity index (χ1) is 12.0. The average molecular weight is 421 g/mol. The molecule has 0 aliphatic rings. The number of aryl methyl sites for hydroxylation is 2. The summed E-state index contributed by atoms with van der Waals surface area (Å²) in [6.45, 7) is 2.66. The normalized spacial score (nSPS) is 11.3. The first-order valence-electron chi connectivity index (χ1n) is 7.05. The number of rotatable bonds is 5. The number of primary sulfonamides is 1. The lowest BCUT2D eigenvalue weighted by atomic mass is 10.2. The third kappa shape index (κ3) is 4.76. The van der Waals surface area contributed by atoms with E-state index in [4.69, 9.17) is 37.5 Å². The Labute approximate surface area is 159 Å². The molecule has 140 valence electrons. The monoisotopic (exact) mass is 420 g/mol. The Kier molecular flexibility index (Phi) is 5.97. The number of carbonyl (C=O) groups is 2. The molecular formula is C15H14Cl2N2O6S. The molecule has 0 radical (unpaired) electrons. The molecule has 1 aromatic heterocycles. The van der Waals surface area contributed by atoms with Crippen LogP contribution in [-0.2, 0) is 19.6 Å². The van der Waals surface area contributed by atoms with Crippen molar-refractivity contribution in [2.75, 3.05) is 11.9 Å². The van der Waals surface area contributed by atoms with E-state index in [1.54, 1.807) is 13.8 Å². The van der Waals surface area contributed by atoms with Gasteiger partial charge in [-0.15, -0.1) is 0 Å². The van der Waals surface area contributed by atoms with E-state index in [-0.39, 0.29) is 26.2 Å². The molecule has 0 fully saturated rings. The second kappa shape index (κ2) is 7.67. The number of sulfonamides is 1. The summed E-state index contributed by atoms with van der Waals surface area (Å²) < 4.78 is 32.8. The minimum Gasteiger partial charge on any atom is -0.466 e. The first-order valence-corrected chi connectivity index (χ1v) is 9.35. The van der Waals surface area contributed by atoms with Gasteiger partial charge in [0.15, 0.2) is 6.61 Å². The maximum absolute atomic E-state index is 12.0. The molecule has 1 heterocycles. The van der Waals surface area contributed by atoms with E-state index < -0.39 is 28.5 Å². The fraction of sp³-hybridized carbons (Fsp3) is 0.200. The van der Waals surface area contributed by atoms with Gasteiger partial charge in [-0.25, -0.2) is 18.4 Å². The molecular weight excluding hydrogens is 407 g/mol. The number of benzene rings is 1. The number of amides is 1. The van der Waals surface area contributed by atoms with Crippen LogP contribution in [0.4, 0.5) is 5.69 Å². The number of hydrogen-bond acceptors (Lipinski definition) is 6. The van der Waals surface area contributed by atoms with Crippen molar-refractivity contribution in [2.24, 2.45) is 5.14 Å². The van der Waals surface area contributed by atoms with Gasteiger partial charge in [-0.3, -0.25) is 4.79 Å². The predicted octanol–water partition coefficient (Wildman–Crippen LogP) is 2.65. The summed E-state index contributed by atoms with van der Waals surface area (Å²) in [7, 11) is -4.01. The molecule has 0 spiro atoms. The second-order valence-corrected chi connectivity index (χ2v) is 7.63. The van der Waals surface area contributed by atoms with Gasteiger partial charge in [-0.05, 0) is 32.0 Å². The van der Waals surface area contributed by atoms with Gasteiger partial charge in [-0.2, -0.15) is 0 Å². The molecule has 2 aromatic rings. The van der Waals surface area contributed by atoms with Crippen LogP contribution in [0.2, 0.25) is 10.0 Å². The number of nitrogens with two attached hydrogens (primary N) is 1. The van der Waals surface area contributed by atoms with Crippen molar-refractivity contribution in [2.45, 2.75) is 18.7 Å². The fourth-order valence-corrected chi connectivity index (χ4v) is 3.33. The molecule has 0 bridgehead atoms. The van der Waals surface area contributed by atoms with Gasteiger partial charge in [0, 0.05) is 0 Å². The lowest BCUT2D eigenvalue weighted by Crippen LogP contribution is -2.21. The smallest absolute Gasteiger partial charge is 0.342 e. The lowest BCUT2D eigenvalue weighted by Gasteiger charge is -2.11. The van der Waals surface area contributed by atoms with Gasteiger partial charge >= 0.3 is 5.97 Å². The predicted molar refractivity (Wildman–Crippen MR) is 94.9 cm³/mol. The van der Waals surface area contributed by atoms with Crippen LogP contribution >= 0.6 is 23.2 Å². The zero-order chi connectivity index (χ0) is 19.6. The maximum Gasteiger partial charge on any atom is 0.342 e. The van der Waals surface area contributed by atoms with Crippen LogP contribution in [0.1, 0.15) is 21.9 Å². The molecule has 26 heavy (non-hydrogen) atoms. The zero-order valence-corrected chi connectivity index (χ0v) is 16.0. The van der Waals surface area contributed by atoms with Crippen molar-refractivity contribution < 1.29 is 27.2 Å². The maximum atomic E-state index is 12.0. The highest BCUT2D eigenvalue weighted by atomic mass is 35.5. The summed E-state index contributed by atoms with van der Waals surface area (Å²) in [5.41, 5.74) is 0.181. The van der Waals surface area contributed by atoms with Gasteiger partial charge in [0.2, 0.25) is 10.0 Å². The molecule has 0 aliphatic heterocycles. The van der Waals surface area contributed by atoms with Crippen LogP contribution in [0.3, 0.4) is 0 Å². The third-order valence-corrected chi connectivity index (χ3v) is 4.69. The number of esters is 1. The van der Waals surface area contributed by atoms with Crippen LogP contribution < -0.4 is 10.5 Å². The van der Waals surface area contributed by atoms with E-state index in [0.29, 0.717) is 11.5 Å². The van der Waals surface area contributed by atoms with E-state index in [1.807, 2.05) is 0 Å². The Hall–Kier alpha value is -2.07. The summed E-state index contributed by atoms with van der Waals surface area (Å²) >= 11 is 11.9. The third-order valence-electron chi connectivity index (χ3n) is 3.20. The minimum atomic E-state index is -4.01. The first kappa shape index (κ1) is 20.2. The zero-order valence-electron chi connectivity index (χ0n) is 13.6. The van der Waals surface area contributed by atoms with E-state index in [2.05, 4.69) is 5.32 Å². The number of halogens is 2. The van der Waals surface area contributed by atoms with Gasteiger partial charge in [0.1, 0.15) is 17.1 Å². The molecule has 0 unspecified atom stereocenters. The molecule has 1 amide bonds. The van der Waals surface area contributed by atoms with Crippen molar-refractivity contribution in [3.05, 3.63) is 45.3 Å². The van der Waals surface area contributed by atoms with Crippen LogP contribution in [0.25, 0.3) is 0 Å². The van der Waals surface area contributed by atoms with Gasteiger partial charge < -0.3 is 14.5 Å². The molecule has 8 nitrogen and oxygen atoms in total. The highest BCUT2D eigenvalue weighted by Crippen LogP contribution is 2.33. The van der Waals surface area contributed by atoms with Crippen molar-refractivity contribution in [3.63, 3.8) is 0 Å². The highest BCUT2D eigenvalue weighted by molar-refractivity contribution is 7.89. The molecule has 11 heteroatoms. The SMILES string of the molecule is Cc1cc(C(=O)OCC(=O)Nc2c(Cl)cc(S(N)(=O)=O)cc2Cl)c(C)o1. The van der Waals surface area contributed by atoms with Crippen molar-refractivity contribution in [3.8, 4) is 0 Å². The summed E-state index contributed by atoms with van der Waals surface area (Å²) in [6, 6.07) is 3.58. The van der Waals surface area contributed by atoms with Crippen molar-refractivity contribution in [1.29, 1.82) is 0 Å². The quantitative estimate of drug-likeness (QED) is 0.715. The fourth-order valence-electron chi connectivity index (χ4n) is 2.05. The summed E-state index contributed by atoms with van der Waals surface area (Å²) in [5.74, 6) is -0.537. The van der Waals surface area contributed by atoms with E-state index >= 15 is 0 Å². The van der Waals surface area contributed by atoms with E-state index in [0.717, 1.165) is 12.1 Å². The Morgan fingerprint density at radius 1 is 1.19 bits per heavy atom. The number of nitrogens with one attached hydrogen (secondary N) is 1. The Morgan fingerprint density at radius 3 is 2.23 bits per heavy atom. The molecule has 0 saturated heterocycles. The van der Waals surface area contributed by atoms with Crippen molar-refractivity contribution >= 4 is 50.8 Å². The number of carbonyl (C=O) groups excluding carboxylic acids is 2. The number of ether oxygens (including phenoxy) is 1. The van der Waals surface area contributed by atoms with E-state index in [9.17, 15) is 18.0 Å². The average Bonchev–Trinajstić information content (AvgIpc) is 2.86. The highest BCUT2D eigenvalue weighted by Gasteiger charge is 2.19. The van der Waals surface area contributed by atoms with Crippen molar-refractivity contribution in [1.82, 2.24) is 0 Å². The molecule has 1 aromatic carbocycles. The topological polar surface area (TPSA) is 129 Å². The Balaban J connectivity index is 2.06. The minimum absolute atomic E-state index is 0.0304. The molecule has 2 rings (SSSR count). The van der Waals surface area contributed by atoms with Crippen LogP contribution in [0.15, 0.2) is 27.5 Å². The standard InChI is InChI=1S/C15H14Cl2N2O6S/c1-7-3-10(8(2)25-7)15(21)24-6-13(20)19-14-11(16)4-9(5-12(14)17)26(18,22)23/h3-5H,6H2,1-2H3,(H,19,20)(H2,18,22,23). The largest absolute Gasteiger partial charge is 0.466 e. The molecule has 0 atom stereocenters. The molecule has 3 N–H and O–H groups in total. The number of hydrogen-bond donors (Lipinski definition) is 2. The number of furan rings is 1. The van der Waals surface area contributed by atoms with Crippen LogP contribution in [-0.4, -0.2) is 26.9 Å². The van der Waals surface area contributed by atoms with Gasteiger partial charge in [0.25, 0.3) is 5.91 Å². The second-order valence-electron chi connectivity index (χ2n) is 5.26. The van der Waals surface area contributed by atoms with Crippen LogP contribution in [0, 0.1) is 13.8 Å². The van der Waals surface area contributed by atoms with Gasteiger partial charge in [0.05, 0.1) is 20.6 Å². The van der Waals surface area contributed by atoms with Crippen LogP contribution in [0.5, 0.6) is 0 Å². The summed E-state index contributed by atoms with van der Waals surface area (Å²) in [4.78, 5) is 23.6. The van der Waals surface area contributed by atoms with Gasteiger partial charge in [-0.1, -0.05) is 23.2 Å². The molecule has 0 saturated carbocycles. The number of anilines is 1. The summed E-state index contributed by atoms with van der Waals surface area (Å²) in [6.07, 6.45) is 0. The Morgan fingerprint density at radius 2 is 1.77 bits per heavy atom. The Bertz CT molecular complexity index is 961.